The second-order valence-electron chi connectivity index (χ2n) is 33.0. The summed E-state index contributed by atoms with van der Waals surface area (Å²) >= 11 is 0. The van der Waals surface area contributed by atoms with Crippen LogP contribution in [-0.4, -0.2) is 166 Å². The smallest absolute Gasteiger partial charge is 0.333 e. The SMILES string of the molecule is Cc1ccc2c(c1)C(C)(C)C(=CC=CC=CC1=[N+](CCCCCC(=O)O)c3ccc(S(=O)(=O)O)cc3C1(C)C)N2CCOCCOCc1cc([N+](=O)[O-])cc([N+](=O)[O-])c1.Cc1ccc2c(c1)C(C)(C)C(=CC=CC=CC1=[N+](CCCCCC(=O)ON3C(=O)CCC3=O)c3ccc(S(=O)(=O)O)cc3C1(C)C)N2CCOCCOCc1cc([N+](=O)[O-])cc([N+](=O)[O-])c1. The fourth-order valence-corrected chi connectivity index (χ4v) is 17.2. The number of benzene rings is 6. The molecule has 33 nitrogen and oxygen atoms in total. The number of anilines is 2. The number of rotatable bonds is 41. The van der Waals surface area contributed by atoms with E-state index in [1.807, 2.05) is 76.3 Å². The molecule has 0 unspecified atom stereocenters. The van der Waals surface area contributed by atoms with E-state index in [0.717, 1.165) is 92.8 Å². The van der Waals surface area contributed by atoms with E-state index in [-0.39, 0.29) is 109 Å². The number of unbranched alkanes of at least 4 members (excludes halogenated alkanes) is 4. The maximum Gasteiger partial charge on any atom is 0.333 e. The Labute approximate surface area is 725 Å². The number of nitro groups is 4. The van der Waals surface area contributed by atoms with Gasteiger partial charge in [-0.05, 0) is 138 Å². The molecule has 0 bridgehead atoms. The zero-order valence-electron chi connectivity index (χ0n) is 71.5. The highest BCUT2D eigenvalue weighted by Crippen LogP contribution is 2.50. The third-order valence-electron chi connectivity index (χ3n) is 22.6. The molecular weight excluding hydrogens is 1660 g/mol. The third kappa shape index (κ3) is 23.4. The molecule has 0 saturated carbocycles. The number of carboxylic acid groups (broad SMARTS) is 1. The van der Waals surface area contributed by atoms with Gasteiger partial charge in [0, 0.05) is 145 Å². The first kappa shape index (κ1) is 95.3. The minimum absolute atomic E-state index is 0.0194. The number of carbonyl (C=O) groups excluding carboxylic acids is 3. The summed E-state index contributed by atoms with van der Waals surface area (Å²) in [5.74, 6) is -2.55. The monoisotopic (exact) mass is 1760 g/mol. The second-order valence-corrected chi connectivity index (χ2v) is 35.8. The number of hydrogen-bond donors (Lipinski definition) is 3. The molecule has 3 N–H and O–H groups in total. The molecule has 35 heteroatoms. The van der Waals surface area contributed by atoms with Gasteiger partial charge in [0.05, 0.1) is 105 Å². The molecule has 0 aliphatic carbocycles. The zero-order valence-corrected chi connectivity index (χ0v) is 73.1. The molecule has 5 aliphatic heterocycles. The summed E-state index contributed by atoms with van der Waals surface area (Å²) in [6, 6.07) is 28.7. The lowest BCUT2D eigenvalue weighted by Gasteiger charge is -2.27. The number of nitrogens with zero attached hydrogens (tertiary/aromatic N) is 9. The number of aryl methyl sites for hydroxylation is 2. The Kier molecular flexibility index (Phi) is 31.1. The van der Waals surface area contributed by atoms with Gasteiger partial charge < -0.3 is 38.7 Å². The number of amides is 2. The molecule has 125 heavy (non-hydrogen) atoms. The Morgan fingerprint density at radius 1 is 0.456 bits per heavy atom. The summed E-state index contributed by atoms with van der Waals surface area (Å²) < 4.78 is 95.4. The van der Waals surface area contributed by atoms with Crippen molar-refractivity contribution in [3.8, 4) is 0 Å². The van der Waals surface area contributed by atoms with Crippen molar-refractivity contribution in [1.82, 2.24) is 5.06 Å². The van der Waals surface area contributed by atoms with E-state index in [0.29, 0.717) is 81.3 Å². The van der Waals surface area contributed by atoms with Crippen LogP contribution in [0.1, 0.15) is 164 Å². The predicted molar refractivity (Wildman–Crippen MR) is 466 cm³/mol. The lowest BCUT2D eigenvalue weighted by molar-refractivity contribution is -0.438. The Hall–Kier alpha value is -12.0. The first-order valence-corrected chi connectivity index (χ1v) is 43.8. The fourth-order valence-electron chi connectivity index (χ4n) is 16.2. The van der Waals surface area contributed by atoms with E-state index in [2.05, 4.69) is 109 Å². The Morgan fingerprint density at radius 2 is 0.832 bits per heavy atom. The van der Waals surface area contributed by atoms with E-state index >= 15 is 0 Å². The Bertz CT molecular complexity index is 5620. The first-order valence-electron chi connectivity index (χ1n) is 40.9. The van der Waals surface area contributed by atoms with Gasteiger partial charge in [-0.3, -0.25) is 63.9 Å². The van der Waals surface area contributed by atoms with Crippen LogP contribution in [0.3, 0.4) is 0 Å². The Balaban J connectivity index is 0.000000263. The van der Waals surface area contributed by atoms with E-state index in [9.17, 15) is 85.6 Å². The van der Waals surface area contributed by atoms with Crippen LogP contribution in [0.25, 0.3) is 0 Å². The van der Waals surface area contributed by atoms with Gasteiger partial charge in [-0.15, -0.1) is 5.06 Å². The molecule has 6 aromatic carbocycles. The summed E-state index contributed by atoms with van der Waals surface area (Å²) in [6.45, 7) is 24.4. The highest BCUT2D eigenvalue weighted by atomic mass is 32.2. The quantitative estimate of drug-likeness (QED) is 0.00610. The molecule has 0 spiro atoms. The zero-order chi connectivity index (χ0) is 91.1. The van der Waals surface area contributed by atoms with Gasteiger partial charge in [-0.2, -0.15) is 26.0 Å². The van der Waals surface area contributed by atoms with E-state index < -0.39 is 74.5 Å². The lowest BCUT2D eigenvalue weighted by Crippen LogP contribution is -2.31. The maximum absolute atomic E-state index is 12.4. The van der Waals surface area contributed by atoms with E-state index in [1.54, 1.807) is 12.1 Å². The number of non-ortho nitro benzene ring substituents is 4. The average Bonchev–Trinajstić information content (AvgIpc) is 1.60. The Morgan fingerprint density at radius 3 is 1.20 bits per heavy atom. The molecule has 0 radical (unpaired) electrons. The minimum atomic E-state index is -4.46. The molecule has 0 atom stereocenters. The van der Waals surface area contributed by atoms with Crippen molar-refractivity contribution in [2.24, 2.45) is 0 Å². The standard InChI is InChI=1S/C47H53N5O13S.C43H50N4O11S/c1-32-15-17-39-37(26-32)46(2,3)42(49(39)22-23-63-24-25-64-31-33-27-34(51(56)57)29-35(28-33)52(58)59)13-9-6-8-12-41-47(4,5)38-30-36(66(60,61)62)16-18-40(38)48(41)21-11-7-10-14-45(55)65-50-43(53)19-20-44(50)54;1-30-15-17-37-35(24-30)42(2,3)40(45(37)20-21-57-22-23-58-29-31-25-32(46(50)51)27-33(26-31)47(52)53)13-9-6-8-12-39-43(4,5)36-28-34(59(54,55)56)16-18-38(36)44(39)19-11-7-10-14-41(48)49/h6,8-9,12-13,15-18,26-30H,7,10-11,14,19-25,31H2,1-5H3;6,8-9,12-13,15-18,24-28H,7,10-11,14,19-23,29H2,1-5H3,(H-,48,49,54,55,56)/p+2. The van der Waals surface area contributed by atoms with Crippen LogP contribution in [-0.2, 0) is 98.1 Å². The number of carboxylic acids is 1. The van der Waals surface area contributed by atoms with Gasteiger partial charge in [0.25, 0.3) is 54.8 Å². The number of carbonyl (C=O) groups is 4. The largest absolute Gasteiger partial charge is 0.481 e. The van der Waals surface area contributed by atoms with Gasteiger partial charge in [0.2, 0.25) is 11.4 Å². The molecule has 1 saturated heterocycles. The van der Waals surface area contributed by atoms with E-state index in [1.165, 1.54) is 59.7 Å². The van der Waals surface area contributed by atoms with Crippen molar-refractivity contribution in [2.75, 3.05) is 75.6 Å². The van der Waals surface area contributed by atoms with Gasteiger partial charge in [0.15, 0.2) is 11.4 Å². The predicted octanol–water partition coefficient (Wildman–Crippen LogP) is 15.7. The minimum Gasteiger partial charge on any atom is -0.481 e. The van der Waals surface area contributed by atoms with Crippen molar-refractivity contribution >= 4 is 101 Å². The normalized spacial score (nSPS) is 16.8. The van der Waals surface area contributed by atoms with Gasteiger partial charge in [0.1, 0.15) is 13.1 Å². The van der Waals surface area contributed by atoms with Crippen LogP contribution in [0.2, 0.25) is 0 Å². The van der Waals surface area contributed by atoms with Gasteiger partial charge >= 0.3 is 11.9 Å². The molecule has 6 aromatic rings. The van der Waals surface area contributed by atoms with Crippen LogP contribution < -0.4 is 9.80 Å². The van der Waals surface area contributed by atoms with E-state index in [4.69, 9.17) is 28.9 Å². The van der Waals surface area contributed by atoms with Crippen molar-refractivity contribution in [3.63, 3.8) is 0 Å². The highest BCUT2D eigenvalue weighted by molar-refractivity contribution is 7.86. The molecule has 11 rings (SSSR count). The maximum atomic E-state index is 12.4. The fraction of sp³-hybridized carbons (Fsp3) is 0.400. The van der Waals surface area contributed by atoms with Crippen LogP contribution in [0, 0.1) is 54.3 Å². The number of fused-ring (bicyclic) bond motifs is 4. The highest BCUT2D eigenvalue weighted by Gasteiger charge is 2.48. The van der Waals surface area contributed by atoms with Crippen LogP contribution in [0.5, 0.6) is 0 Å². The molecular formula is C90H105N9O24S2+2. The number of hydrogen-bond acceptors (Lipinski definition) is 23. The van der Waals surface area contributed by atoms with Gasteiger partial charge in [-0.1, -0.05) is 99.5 Å². The summed E-state index contributed by atoms with van der Waals surface area (Å²) in [7, 11) is -8.87. The van der Waals surface area contributed by atoms with Crippen molar-refractivity contribution in [3.05, 3.63) is 266 Å². The molecule has 5 aliphatic rings. The van der Waals surface area contributed by atoms with Crippen molar-refractivity contribution < 1.29 is 103 Å². The average molecular weight is 1760 g/mol. The van der Waals surface area contributed by atoms with Crippen molar-refractivity contribution in [2.45, 2.75) is 178 Å². The molecule has 1 fully saturated rings. The summed E-state index contributed by atoms with van der Waals surface area (Å²) in [4.78, 5) is 98.3. The number of ether oxygens (including phenoxy) is 4. The summed E-state index contributed by atoms with van der Waals surface area (Å²) in [6.07, 6.45) is 23.7. The number of aliphatic carboxylic acids is 1. The van der Waals surface area contributed by atoms with Crippen molar-refractivity contribution in [1.29, 1.82) is 0 Å². The topological polar surface area (TPSA) is 432 Å². The van der Waals surface area contributed by atoms with Gasteiger partial charge in [-0.25, -0.2) is 4.79 Å². The van der Waals surface area contributed by atoms with Crippen LogP contribution in [0.15, 0.2) is 191 Å². The molecule has 664 valence electrons. The van der Waals surface area contributed by atoms with Crippen LogP contribution >= 0.6 is 0 Å². The molecule has 2 amide bonds. The lowest BCUT2D eigenvalue weighted by atomic mass is 9.81. The molecule has 0 aromatic heterocycles. The molecule has 5 heterocycles. The first-order chi connectivity index (χ1) is 59.0. The summed E-state index contributed by atoms with van der Waals surface area (Å²) in [5, 5.41) is 54.5. The number of nitro benzene ring substituents is 4. The number of allylic oxidation sites excluding steroid dienone is 12. The third-order valence-corrected chi connectivity index (χ3v) is 24.3. The van der Waals surface area contributed by atoms with Crippen LogP contribution in [0.4, 0.5) is 45.5 Å². The number of imide groups is 1. The summed E-state index contributed by atoms with van der Waals surface area (Å²) in [5.41, 5.74) is 11.0. The number of hydroxylamine groups is 2. The second kappa shape index (κ2) is 40.8.